The SMILES string of the molecule is COc1ccc(OC)c(C2CC2C(=O)NC2(C(=O)O)CCSC2)c1. The number of benzene rings is 1. The number of carbonyl (C=O) groups excluding carboxylic acids is 1. The average molecular weight is 351 g/mol. The van der Waals surface area contributed by atoms with Crippen LogP contribution in [0.5, 0.6) is 11.5 Å². The third kappa shape index (κ3) is 3.05. The summed E-state index contributed by atoms with van der Waals surface area (Å²) in [5.41, 5.74) is -0.185. The van der Waals surface area contributed by atoms with Crippen molar-refractivity contribution in [3.05, 3.63) is 23.8 Å². The number of hydrogen-bond acceptors (Lipinski definition) is 5. The predicted molar refractivity (Wildman–Crippen MR) is 90.8 cm³/mol. The van der Waals surface area contributed by atoms with Crippen molar-refractivity contribution in [2.75, 3.05) is 25.7 Å². The number of rotatable bonds is 6. The van der Waals surface area contributed by atoms with Gasteiger partial charge in [-0.05, 0) is 36.8 Å². The lowest BCUT2D eigenvalue weighted by Gasteiger charge is -2.24. The molecule has 2 fully saturated rings. The van der Waals surface area contributed by atoms with E-state index in [-0.39, 0.29) is 17.7 Å². The summed E-state index contributed by atoms with van der Waals surface area (Å²) < 4.78 is 10.6. The maximum Gasteiger partial charge on any atom is 0.330 e. The molecule has 1 saturated heterocycles. The summed E-state index contributed by atoms with van der Waals surface area (Å²) in [7, 11) is 3.19. The van der Waals surface area contributed by atoms with Crippen LogP contribution in [0.3, 0.4) is 0 Å². The predicted octanol–water partition coefficient (Wildman–Crippen LogP) is 1.88. The van der Waals surface area contributed by atoms with Gasteiger partial charge in [0.2, 0.25) is 5.91 Å². The molecule has 3 rings (SSSR count). The Hall–Kier alpha value is -1.89. The molecule has 2 aliphatic rings. The minimum absolute atomic E-state index is 0.0370. The minimum atomic E-state index is -1.12. The van der Waals surface area contributed by atoms with Crippen molar-refractivity contribution in [3.63, 3.8) is 0 Å². The van der Waals surface area contributed by atoms with Gasteiger partial charge in [-0.1, -0.05) is 0 Å². The van der Waals surface area contributed by atoms with Crippen molar-refractivity contribution >= 4 is 23.6 Å². The molecular weight excluding hydrogens is 330 g/mol. The Balaban J connectivity index is 1.73. The van der Waals surface area contributed by atoms with E-state index in [1.807, 2.05) is 18.2 Å². The second-order valence-electron chi connectivity index (χ2n) is 6.24. The highest BCUT2D eigenvalue weighted by Crippen LogP contribution is 2.51. The van der Waals surface area contributed by atoms with Crippen molar-refractivity contribution < 1.29 is 24.2 Å². The van der Waals surface area contributed by atoms with E-state index in [2.05, 4.69) is 5.32 Å². The van der Waals surface area contributed by atoms with Gasteiger partial charge in [-0.3, -0.25) is 4.79 Å². The standard InChI is InChI=1S/C17H21NO5S/c1-22-10-3-4-14(23-2)12(7-10)11-8-13(11)15(19)18-17(16(20)21)5-6-24-9-17/h3-4,7,11,13H,5-6,8-9H2,1-2H3,(H,18,19)(H,20,21). The monoisotopic (exact) mass is 351 g/mol. The van der Waals surface area contributed by atoms with Crippen molar-refractivity contribution in [1.29, 1.82) is 0 Å². The molecule has 1 aromatic carbocycles. The molecule has 130 valence electrons. The molecule has 1 amide bonds. The Morgan fingerprint density at radius 3 is 2.71 bits per heavy atom. The Labute approximate surface area is 144 Å². The highest BCUT2D eigenvalue weighted by atomic mass is 32.2. The molecule has 3 unspecified atom stereocenters. The largest absolute Gasteiger partial charge is 0.497 e. The Morgan fingerprint density at radius 2 is 2.12 bits per heavy atom. The molecule has 2 N–H and O–H groups in total. The van der Waals surface area contributed by atoms with Gasteiger partial charge in [0.1, 0.15) is 17.0 Å². The highest BCUT2D eigenvalue weighted by Gasteiger charge is 2.50. The molecule has 7 heteroatoms. The fraction of sp³-hybridized carbons (Fsp3) is 0.529. The maximum absolute atomic E-state index is 12.6. The van der Waals surface area contributed by atoms with E-state index in [0.29, 0.717) is 24.3 Å². The normalized spacial score (nSPS) is 28.2. The lowest BCUT2D eigenvalue weighted by molar-refractivity contribution is -0.146. The van der Waals surface area contributed by atoms with Crippen molar-refractivity contribution in [3.8, 4) is 11.5 Å². The first-order valence-corrected chi connectivity index (χ1v) is 9.01. The molecule has 0 aromatic heterocycles. The Kier molecular flexibility index (Phi) is 4.62. The van der Waals surface area contributed by atoms with E-state index in [1.54, 1.807) is 26.0 Å². The van der Waals surface area contributed by atoms with Crippen molar-refractivity contribution in [2.45, 2.75) is 24.3 Å². The van der Waals surface area contributed by atoms with Crippen LogP contribution in [0.1, 0.15) is 24.3 Å². The average Bonchev–Trinajstić information content (AvgIpc) is 3.25. The van der Waals surface area contributed by atoms with Crippen molar-refractivity contribution in [2.24, 2.45) is 5.92 Å². The molecule has 0 bridgehead atoms. The molecule has 1 aliphatic heterocycles. The molecule has 24 heavy (non-hydrogen) atoms. The lowest BCUT2D eigenvalue weighted by Crippen LogP contribution is -2.55. The minimum Gasteiger partial charge on any atom is -0.497 e. The van der Waals surface area contributed by atoms with Gasteiger partial charge in [0, 0.05) is 23.2 Å². The second-order valence-corrected chi connectivity index (χ2v) is 7.34. The van der Waals surface area contributed by atoms with Gasteiger partial charge >= 0.3 is 5.97 Å². The Bertz CT molecular complexity index is 656. The molecule has 1 heterocycles. The molecule has 1 aromatic rings. The van der Waals surface area contributed by atoms with Crippen LogP contribution in [0.15, 0.2) is 18.2 Å². The summed E-state index contributed by atoms with van der Waals surface area (Å²) in [6.45, 7) is 0. The number of aliphatic carboxylic acids is 1. The van der Waals surface area contributed by atoms with Gasteiger partial charge < -0.3 is 19.9 Å². The van der Waals surface area contributed by atoms with E-state index in [1.165, 1.54) is 0 Å². The van der Waals surface area contributed by atoms with Crippen LogP contribution < -0.4 is 14.8 Å². The van der Waals surface area contributed by atoms with Crippen LogP contribution >= 0.6 is 11.8 Å². The van der Waals surface area contributed by atoms with Gasteiger partial charge in [-0.2, -0.15) is 11.8 Å². The number of hydrogen-bond donors (Lipinski definition) is 2. The number of methoxy groups -OCH3 is 2. The number of carboxylic acid groups (broad SMARTS) is 1. The van der Waals surface area contributed by atoms with Crippen molar-refractivity contribution in [1.82, 2.24) is 5.32 Å². The molecule has 3 atom stereocenters. The van der Waals surface area contributed by atoms with Gasteiger partial charge in [-0.15, -0.1) is 0 Å². The third-order valence-corrected chi connectivity index (χ3v) is 5.95. The van der Waals surface area contributed by atoms with E-state index < -0.39 is 11.5 Å². The second kappa shape index (κ2) is 6.55. The van der Waals surface area contributed by atoms with E-state index in [9.17, 15) is 14.7 Å². The first-order valence-electron chi connectivity index (χ1n) is 7.86. The summed E-state index contributed by atoms with van der Waals surface area (Å²) in [4.78, 5) is 24.1. The van der Waals surface area contributed by atoms with Crippen LogP contribution in [-0.4, -0.2) is 48.2 Å². The quantitative estimate of drug-likeness (QED) is 0.814. The van der Waals surface area contributed by atoms with Gasteiger partial charge in [0.15, 0.2) is 0 Å². The topological polar surface area (TPSA) is 84.9 Å². The summed E-state index contributed by atoms with van der Waals surface area (Å²) in [5.74, 6) is 1.30. The van der Waals surface area contributed by atoms with E-state index >= 15 is 0 Å². The smallest absolute Gasteiger partial charge is 0.330 e. The highest BCUT2D eigenvalue weighted by molar-refractivity contribution is 7.99. The zero-order chi connectivity index (χ0) is 17.3. The zero-order valence-corrected chi connectivity index (χ0v) is 14.5. The molecule has 0 radical (unpaired) electrons. The number of amides is 1. The van der Waals surface area contributed by atoms with Gasteiger partial charge in [0.05, 0.1) is 14.2 Å². The van der Waals surface area contributed by atoms with E-state index in [4.69, 9.17) is 9.47 Å². The van der Waals surface area contributed by atoms with Crippen LogP contribution in [0, 0.1) is 5.92 Å². The number of carboxylic acids is 1. The van der Waals surface area contributed by atoms with Crippen LogP contribution in [0.4, 0.5) is 0 Å². The van der Waals surface area contributed by atoms with Gasteiger partial charge in [0.25, 0.3) is 0 Å². The first-order chi connectivity index (χ1) is 11.5. The van der Waals surface area contributed by atoms with Crippen LogP contribution in [0.25, 0.3) is 0 Å². The van der Waals surface area contributed by atoms with Gasteiger partial charge in [-0.25, -0.2) is 4.79 Å². The summed E-state index contributed by atoms with van der Waals surface area (Å²) in [6.07, 6.45) is 1.16. The molecule has 6 nitrogen and oxygen atoms in total. The maximum atomic E-state index is 12.6. The molecule has 1 saturated carbocycles. The van der Waals surface area contributed by atoms with Crippen LogP contribution in [-0.2, 0) is 9.59 Å². The summed E-state index contributed by atoms with van der Waals surface area (Å²) in [6, 6.07) is 5.53. The van der Waals surface area contributed by atoms with E-state index in [0.717, 1.165) is 17.1 Å². The number of carbonyl (C=O) groups is 2. The molecule has 0 spiro atoms. The number of nitrogens with one attached hydrogen (secondary N) is 1. The molecular formula is C17H21NO5S. The summed E-state index contributed by atoms with van der Waals surface area (Å²) >= 11 is 1.56. The number of ether oxygens (including phenoxy) is 2. The number of thioether (sulfide) groups is 1. The lowest BCUT2D eigenvalue weighted by atomic mass is 9.98. The summed E-state index contributed by atoms with van der Waals surface area (Å²) in [5, 5.41) is 12.3. The van der Waals surface area contributed by atoms with Crippen LogP contribution in [0.2, 0.25) is 0 Å². The Morgan fingerprint density at radius 1 is 1.33 bits per heavy atom. The molecule has 1 aliphatic carbocycles. The third-order valence-electron chi connectivity index (χ3n) is 4.76. The fourth-order valence-corrected chi connectivity index (χ4v) is 4.50. The zero-order valence-electron chi connectivity index (χ0n) is 13.7. The fourth-order valence-electron chi connectivity index (χ4n) is 3.17. The first kappa shape index (κ1) is 17.0.